The lowest BCUT2D eigenvalue weighted by Crippen LogP contribution is -2.37. The minimum Gasteiger partial charge on any atom is -0.459 e. The third-order valence-corrected chi connectivity index (χ3v) is 6.31. The van der Waals surface area contributed by atoms with Gasteiger partial charge in [0.1, 0.15) is 11.4 Å². The van der Waals surface area contributed by atoms with Gasteiger partial charge in [-0.05, 0) is 37.1 Å². The van der Waals surface area contributed by atoms with Gasteiger partial charge in [0, 0.05) is 25.8 Å². The van der Waals surface area contributed by atoms with Gasteiger partial charge in [0.2, 0.25) is 5.88 Å². The second-order valence-electron chi connectivity index (χ2n) is 8.45. The summed E-state index contributed by atoms with van der Waals surface area (Å²) in [4.78, 5) is 15.2. The van der Waals surface area contributed by atoms with Crippen molar-refractivity contribution >= 4 is 17.5 Å². The minimum absolute atomic E-state index is 0.0290. The summed E-state index contributed by atoms with van der Waals surface area (Å²) in [6.07, 6.45) is 3.36. The Bertz CT molecular complexity index is 1280. The lowest BCUT2D eigenvalue weighted by molar-refractivity contribution is 0.0483. The van der Waals surface area contributed by atoms with Crippen LogP contribution < -0.4 is 4.74 Å². The molecule has 1 amide bonds. The van der Waals surface area contributed by atoms with Gasteiger partial charge >= 0.3 is 0 Å². The van der Waals surface area contributed by atoms with Crippen molar-refractivity contribution in [1.82, 2.24) is 14.7 Å². The summed E-state index contributed by atoms with van der Waals surface area (Å²) in [5, 5.41) is 5.26. The van der Waals surface area contributed by atoms with Gasteiger partial charge < -0.3 is 18.8 Å². The molecule has 7 nitrogen and oxygen atoms in total. The summed E-state index contributed by atoms with van der Waals surface area (Å²) >= 11 is 6.39. The molecule has 1 atom stereocenters. The topological polar surface area (TPSA) is 69.7 Å². The fraction of sp³-hybridized carbons (Fsp3) is 0.259. The minimum atomic E-state index is -0.211. The first-order chi connectivity index (χ1) is 17.1. The Morgan fingerprint density at radius 3 is 2.66 bits per heavy atom. The van der Waals surface area contributed by atoms with Gasteiger partial charge in [-0.3, -0.25) is 4.79 Å². The van der Waals surface area contributed by atoms with Gasteiger partial charge in [-0.2, -0.15) is 5.10 Å². The zero-order chi connectivity index (χ0) is 24.2. The molecule has 0 saturated carbocycles. The molecule has 0 N–H and O–H groups in total. The van der Waals surface area contributed by atoms with Crippen LogP contribution in [-0.2, 0) is 18.3 Å². The second kappa shape index (κ2) is 10.4. The summed E-state index contributed by atoms with van der Waals surface area (Å²) in [6, 6.07) is 20.5. The van der Waals surface area contributed by atoms with Crippen molar-refractivity contribution in [2.45, 2.75) is 25.5 Å². The second-order valence-corrected chi connectivity index (χ2v) is 8.86. The molecule has 0 radical (unpaired) electrons. The Hall–Kier alpha value is -3.55. The first-order valence-corrected chi connectivity index (χ1v) is 12.0. The van der Waals surface area contributed by atoms with Crippen LogP contribution in [0.5, 0.6) is 11.6 Å². The maximum Gasteiger partial charge on any atom is 0.289 e. The number of aryl methyl sites for hydroxylation is 1. The standard InChI is InChI=1S/C27H26ClN3O4/c1-30-27(35-23-13-6-5-12-22(23)28)21(25(29-30)19-9-3-2-4-10-19)18-31(17-20-11-7-15-33-20)26(32)24-14-8-16-34-24/h2-6,8-10,12-14,16,20H,7,11,15,17-18H2,1H3. The van der Waals surface area contributed by atoms with E-state index in [0.29, 0.717) is 29.8 Å². The van der Waals surface area contributed by atoms with E-state index in [9.17, 15) is 4.79 Å². The van der Waals surface area contributed by atoms with Crippen LogP contribution in [0.15, 0.2) is 77.4 Å². The lowest BCUT2D eigenvalue weighted by atomic mass is 10.1. The van der Waals surface area contributed by atoms with E-state index in [2.05, 4.69) is 0 Å². The Morgan fingerprint density at radius 2 is 1.94 bits per heavy atom. The van der Waals surface area contributed by atoms with Crippen molar-refractivity contribution < 1.29 is 18.7 Å². The van der Waals surface area contributed by atoms with Crippen molar-refractivity contribution in [3.63, 3.8) is 0 Å². The average molecular weight is 492 g/mol. The SMILES string of the molecule is Cn1nc(-c2ccccc2)c(CN(CC2CCCO2)C(=O)c2ccco2)c1Oc1ccccc1Cl. The smallest absolute Gasteiger partial charge is 0.289 e. The maximum atomic E-state index is 13.5. The Balaban J connectivity index is 1.56. The molecule has 5 rings (SSSR count). The number of furan rings is 1. The molecule has 0 bridgehead atoms. The summed E-state index contributed by atoms with van der Waals surface area (Å²) in [5.41, 5.74) is 2.44. The van der Waals surface area contributed by atoms with Crippen LogP contribution in [-0.4, -0.2) is 39.8 Å². The van der Waals surface area contributed by atoms with Crippen LogP contribution in [0, 0.1) is 0 Å². The normalized spacial score (nSPS) is 15.3. The maximum absolute atomic E-state index is 13.5. The number of para-hydroxylation sites is 1. The molecule has 8 heteroatoms. The average Bonchev–Trinajstić information content (AvgIpc) is 3.64. The molecule has 35 heavy (non-hydrogen) atoms. The number of hydrogen-bond donors (Lipinski definition) is 0. The predicted molar refractivity (Wildman–Crippen MR) is 133 cm³/mol. The van der Waals surface area contributed by atoms with Crippen molar-refractivity contribution in [3.8, 4) is 22.9 Å². The fourth-order valence-electron chi connectivity index (χ4n) is 4.28. The highest BCUT2D eigenvalue weighted by molar-refractivity contribution is 6.32. The molecule has 0 spiro atoms. The third-order valence-electron chi connectivity index (χ3n) is 5.99. The molecule has 2 aromatic heterocycles. The van der Waals surface area contributed by atoms with Gasteiger partial charge in [0.25, 0.3) is 5.91 Å². The summed E-state index contributed by atoms with van der Waals surface area (Å²) in [5.74, 6) is 1.10. The fourth-order valence-corrected chi connectivity index (χ4v) is 4.46. The number of aromatic nitrogens is 2. The van der Waals surface area contributed by atoms with E-state index in [1.807, 2.05) is 49.5 Å². The molecule has 0 aliphatic carbocycles. The van der Waals surface area contributed by atoms with Crippen LogP contribution >= 0.6 is 11.6 Å². The molecule has 2 aromatic carbocycles. The van der Waals surface area contributed by atoms with Gasteiger partial charge in [-0.25, -0.2) is 4.68 Å². The number of carbonyl (C=O) groups is 1. The first-order valence-electron chi connectivity index (χ1n) is 11.6. The monoisotopic (exact) mass is 491 g/mol. The summed E-state index contributed by atoms with van der Waals surface area (Å²) in [6.45, 7) is 1.40. The Labute approximate surface area is 208 Å². The number of carbonyl (C=O) groups excluding carboxylic acids is 1. The molecule has 1 aliphatic rings. The van der Waals surface area contributed by atoms with Crippen molar-refractivity contribution in [2.24, 2.45) is 7.05 Å². The van der Waals surface area contributed by atoms with Crippen molar-refractivity contribution in [1.29, 1.82) is 0 Å². The Kier molecular flexibility index (Phi) is 6.88. The van der Waals surface area contributed by atoms with E-state index in [1.165, 1.54) is 6.26 Å². The van der Waals surface area contributed by atoms with E-state index in [0.717, 1.165) is 29.7 Å². The number of rotatable bonds is 8. The van der Waals surface area contributed by atoms with Gasteiger partial charge in [0.15, 0.2) is 5.76 Å². The van der Waals surface area contributed by atoms with E-state index in [-0.39, 0.29) is 24.3 Å². The largest absolute Gasteiger partial charge is 0.459 e. The summed E-state index contributed by atoms with van der Waals surface area (Å²) in [7, 11) is 1.82. The number of amides is 1. The quantitative estimate of drug-likeness (QED) is 0.305. The molecule has 180 valence electrons. The molecule has 1 aliphatic heterocycles. The zero-order valence-electron chi connectivity index (χ0n) is 19.4. The molecule has 1 fully saturated rings. The Morgan fingerprint density at radius 1 is 1.14 bits per heavy atom. The van der Waals surface area contributed by atoms with Crippen LogP contribution in [0.4, 0.5) is 0 Å². The van der Waals surface area contributed by atoms with Crippen LogP contribution in [0.2, 0.25) is 5.02 Å². The molecular formula is C27H26ClN3O4. The van der Waals surface area contributed by atoms with Crippen LogP contribution in [0.1, 0.15) is 29.0 Å². The number of nitrogens with zero attached hydrogens (tertiary/aromatic N) is 3. The zero-order valence-corrected chi connectivity index (χ0v) is 20.1. The van der Waals surface area contributed by atoms with Gasteiger partial charge in [0.05, 0.1) is 29.5 Å². The molecule has 1 saturated heterocycles. The van der Waals surface area contributed by atoms with Crippen molar-refractivity contribution in [2.75, 3.05) is 13.2 Å². The highest BCUT2D eigenvalue weighted by Gasteiger charge is 2.29. The highest BCUT2D eigenvalue weighted by Crippen LogP contribution is 2.36. The molecule has 1 unspecified atom stereocenters. The molecule has 3 heterocycles. The third kappa shape index (κ3) is 5.11. The van der Waals surface area contributed by atoms with E-state index in [1.54, 1.807) is 33.8 Å². The number of benzene rings is 2. The number of halogens is 1. The van der Waals surface area contributed by atoms with E-state index >= 15 is 0 Å². The molecular weight excluding hydrogens is 466 g/mol. The first kappa shape index (κ1) is 23.2. The van der Waals surface area contributed by atoms with Gasteiger partial charge in [-0.15, -0.1) is 0 Å². The lowest BCUT2D eigenvalue weighted by Gasteiger charge is -2.25. The van der Waals surface area contributed by atoms with E-state index in [4.69, 9.17) is 30.6 Å². The predicted octanol–water partition coefficient (Wildman–Crippen LogP) is 5.95. The highest BCUT2D eigenvalue weighted by atomic mass is 35.5. The molecule has 4 aromatic rings. The summed E-state index contributed by atoms with van der Waals surface area (Å²) < 4.78 is 19.3. The van der Waals surface area contributed by atoms with Gasteiger partial charge in [-0.1, -0.05) is 54.1 Å². The van der Waals surface area contributed by atoms with Crippen LogP contribution in [0.25, 0.3) is 11.3 Å². The van der Waals surface area contributed by atoms with Crippen molar-refractivity contribution in [3.05, 3.63) is 89.3 Å². The van der Waals surface area contributed by atoms with E-state index < -0.39 is 0 Å². The number of hydrogen-bond acceptors (Lipinski definition) is 5. The number of ether oxygens (including phenoxy) is 2. The van der Waals surface area contributed by atoms with Crippen LogP contribution in [0.3, 0.4) is 0 Å².